The van der Waals surface area contributed by atoms with E-state index in [1.165, 1.54) is 11.3 Å². The van der Waals surface area contributed by atoms with Gasteiger partial charge in [-0.3, -0.25) is 4.98 Å². The lowest BCUT2D eigenvalue weighted by molar-refractivity contribution is 0.0961. The van der Waals surface area contributed by atoms with Crippen LogP contribution in [0, 0.1) is 6.92 Å². The second-order valence-corrected chi connectivity index (χ2v) is 8.44. The maximum atomic E-state index is 5.91. The number of pyridine rings is 1. The molecule has 1 N–H and O–H groups in total. The second-order valence-electron chi connectivity index (χ2n) is 8.05. The number of rotatable bonds is 5. The Bertz CT molecular complexity index is 1010. The molecular formula is C24H26N4OS. The van der Waals surface area contributed by atoms with E-state index in [-0.39, 0.29) is 18.2 Å². The van der Waals surface area contributed by atoms with Gasteiger partial charge < -0.3 is 19.5 Å². The van der Waals surface area contributed by atoms with Crippen molar-refractivity contribution < 1.29 is 4.74 Å². The van der Waals surface area contributed by atoms with Crippen LogP contribution in [0.1, 0.15) is 41.9 Å². The summed E-state index contributed by atoms with van der Waals surface area (Å²) >= 11 is 5.82. The van der Waals surface area contributed by atoms with Gasteiger partial charge in [0, 0.05) is 36.9 Å². The number of aromatic nitrogens is 2. The summed E-state index contributed by atoms with van der Waals surface area (Å²) in [5, 5.41) is 4.27. The Labute approximate surface area is 182 Å². The Kier molecular flexibility index (Phi) is 5.27. The van der Waals surface area contributed by atoms with E-state index in [9.17, 15) is 0 Å². The van der Waals surface area contributed by atoms with Gasteiger partial charge in [0.2, 0.25) is 0 Å². The van der Waals surface area contributed by atoms with Crippen molar-refractivity contribution in [2.24, 2.45) is 0 Å². The van der Waals surface area contributed by atoms with Crippen LogP contribution in [0.25, 0.3) is 0 Å². The van der Waals surface area contributed by atoms with Gasteiger partial charge in [-0.05, 0) is 68.4 Å². The smallest absolute Gasteiger partial charge is 0.174 e. The highest BCUT2D eigenvalue weighted by Crippen LogP contribution is 2.41. The zero-order chi connectivity index (χ0) is 20.5. The zero-order valence-electron chi connectivity index (χ0n) is 17.1. The van der Waals surface area contributed by atoms with Gasteiger partial charge in [0.05, 0.1) is 17.8 Å². The van der Waals surface area contributed by atoms with Crippen molar-refractivity contribution in [1.82, 2.24) is 14.9 Å². The molecular weight excluding hydrogens is 392 g/mol. The molecule has 0 aliphatic carbocycles. The van der Waals surface area contributed by atoms with Crippen molar-refractivity contribution in [3.05, 3.63) is 83.9 Å². The van der Waals surface area contributed by atoms with Crippen LogP contribution in [0.5, 0.6) is 0 Å². The molecule has 30 heavy (non-hydrogen) atoms. The molecule has 1 aromatic carbocycles. The summed E-state index contributed by atoms with van der Waals surface area (Å²) in [6.07, 6.45) is 6.53. The Morgan fingerprint density at radius 2 is 2.00 bits per heavy atom. The summed E-state index contributed by atoms with van der Waals surface area (Å²) in [6.45, 7) is 3.83. The minimum atomic E-state index is -0.0295. The summed E-state index contributed by atoms with van der Waals surface area (Å²) in [5.41, 5.74) is 4.53. The van der Waals surface area contributed by atoms with Gasteiger partial charge in [-0.25, -0.2) is 0 Å². The molecule has 0 amide bonds. The molecule has 2 aliphatic heterocycles. The van der Waals surface area contributed by atoms with Gasteiger partial charge in [-0.15, -0.1) is 0 Å². The molecule has 0 radical (unpaired) electrons. The van der Waals surface area contributed by atoms with E-state index in [0.717, 1.165) is 42.5 Å². The van der Waals surface area contributed by atoms with E-state index in [4.69, 9.17) is 17.0 Å². The van der Waals surface area contributed by atoms with E-state index in [1.54, 1.807) is 0 Å². The van der Waals surface area contributed by atoms with Gasteiger partial charge in [-0.1, -0.05) is 23.8 Å². The summed E-state index contributed by atoms with van der Waals surface area (Å²) in [7, 11) is 0. The van der Waals surface area contributed by atoms with Gasteiger partial charge in [0.15, 0.2) is 5.11 Å². The van der Waals surface area contributed by atoms with Crippen LogP contribution in [0.15, 0.2) is 67.0 Å². The van der Waals surface area contributed by atoms with E-state index < -0.39 is 0 Å². The van der Waals surface area contributed by atoms with Crippen LogP contribution in [0.4, 0.5) is 5.69 Å². The molecule has 0 bridgehead atoms. The Hall–Kier alpha value is -2.70. The number of benzene rings is 1. The maximum Gasteiger partial charge on any atom is 0.174 e. The molecule has 2 saturated heterocycles. The average Bonchev–Trinajstić information content (AvgIpc) is 3.50. The van der Waals surface area contributed by atoms with Crippen LogP contribution in [-0.2, 0) is 11.3 Å². The fraction of sp³-hybridized carbons (Fsp3) is 0.333. The van der Waals surface area contributed by atoms with E-state index >= 15 is 0 Å². The quantitative estimate of drug-likeness (QED) is 0.616. The van der Waals surface area contributed by atoms with Gasteiger partial charge in [-0.2, -0.15) is 0 Å². The Morgan fingerprint density at radius 1 is 1.13 bits per heavy atom. The number of nitrogens with zero attached hydrogens (tertiary/aromatic N) is 3. The minimum Gasteiger partial charge on any atom is -0.376 e. The zero-order valence-corrected chi connectivity index (χ0v) is 17.9. The molecule has 5 nitrogen and oxygen atoms in total. The van der Waals surface area contributed by atoms with Crippen molar-refractivity contribution in [3.8, 4) is 0 Å². The SMILES string of the molecule is Cc1ccc(N2C(=S)N[C@H](c3ccccn3)[C@@H]2c2cccn2C[C@@H]2CCCO2)cc1. The molecule has 5 rings (SSSR count). The van der Waals surface area contributed by atoms with Crippen LogP contribution < -0.4 is 10.2 Å². The lowest BCUT2D eigenvalue weighted by atomic mass is 10.0. The van der Waals surface area contributed by atoms with E-state index in [2.05, 4.69) is 75.4 Å². The highest BCUT2D eigenvalue weighted by molar-refractivity contribution is 7.80. The van der Waals surface area contributed by atoms with Crippen LogP contribution in [0.3, 0.4) is 0 Å². The van der Waals surface area contributed by atoms with Crippen molar-refractivity contribution in [1.29, 1.82) is 0 Å². The van der Waals surface area contributed by atoms with Crippen molar-refractivity contribution in [2.75, 3.05) is 11.5 Å². The third-order valence-corrected chi connectivity index (χ3v) is 6.32. The lowest BCUT2D eigenvalue weighted by Crippen LogP contribution is -2.31. The monoisotopic (exact) mass is 418 g/mol. The fourth-order valence-electron chi connectivity index (χ4n) is 4.51. The molecule has 0 unspecified atom stereocenters. The third kappa shape index (κ3) is 3.61. The molecule has 0 saturated carbocycles. The summed E-state index contributed by atoms with van der Waals surface area (Å²) in [6, 6.07) is 18.9. The van der Waals surface area contributed by atoms with Gasteiger partial charge in [0.1, 0.15) is 6.04 Å². The summed E-state index contributed by atoms with van der Waals surface area (Å²) in [5.74, 6) is 0. The number of hydrogen-bond donors (Lipinski definition) is 1. The maximum absolute atomic E-state index is 5.91. The average molecular weight is 419 g/mol. The lowest BCUT2D eigenvalue weighted by Gasteiger charge is -2.29. The molecule has 3 aromatic rings. The first-order valence-corrected chi connectivity index (χ1v) is 11.0. The van der Waals surface area contributed by atoms with Crippen LogP contribution in [0.2, 0.25) is 0 Å². The van der Waals surface area contributed by atoms with E-state index in [0.29, 0.717) is 0 Å². The predicted octanol–water partition coefficient (Wildman–Crippen LogP) is 4.55. The predicted molar refractivity (Wildman–Crippen MR) is 123 cm³/mol. The highest BCUT2D eigenvalue weighted by atomic mass is 32.1. The molecule has 2 aromatic heterocycles. The summed E-state index contributed by atoms with van der Waals surface area (Å²) < 4.78 is 8.24. The molecule has 2 fully saturated rings. The molecule has 2 aliphatic rings. The molecule has 154 valence electrons. The molecule has 3 atom stereocenters. The van der Waals surface area contributed by atoms with Crippen molar-refractivity contribution in [3.63, 3.8) is 0 Å². The molecule has 0 spiro atoms. The normalized spacial score (nSPS) is 23.7. The topological polar surface area (TPSA) is 42.3 Å². The van der Waals surface area contributed by atoms with Gasteiger partial charge >= 0.3 is 0 Å². The number of aryl methyl sites for hydroxylation is 1. The summed E-state index contributed by atoms with van der Waals surface area (Å²) in [4.78, 5) is 6.88. The number of anilines is 1. The first-order valence-electron chi connectivity index (χ1n) is 10.5. The van der Waals surface area contributed by atoms with Crippen LogP contribution >= 0.6 is 12.2 Å². The Morgan fingerprint density at radius 3 is 2.73 bits per heavy atom. The standard InChI is InChI=1S/C24H26N4OS/c1-17-9-11-18(12-10-17)28-23(22(26-24(28)30)20-7-2-3-13-25-20)21-8-4-14-27(21)16-19-6-5-15-29-19/h2-4,7-14,19,22-23H,5-6,15-16H2,1H3,(H,26,30)/t19-,22+,23-/m0/s1. The number of hydrogen-bond acceptors (Lipinski definition) is 3. The number of nitrogens with one attached hydrogen (secondary N) is 1. The van der Waals surface area contributed by atoms with Gasteiger partial charge in [0.25, 0.3) is 0 Å². The first-order chi connectivity index (χ1) is 14.7. The molecule has 6 heteroatoms. The number of thiocarbonyl (C=S) groups is 1. The third-order valence-electron chi connectivity index (χ3n) is 6.00. The minimum absolute atomic E-state index is 0.00603. The van der Waals surface area contributed by atoms with Crippen molar-refractivity contribution in [2.45, 2.75) is 44.5 Å². The fourth-order valence-corrected chi connectivity index (χ4v) is 4.85. The second kappa shape index (κ2) is 8.20. The number of ether oxygens (including phenoxy) is 1. The highest BCUT2D eigenvalue weighted by Gasteiger charge is 2.42. The van der Waals surface area contributed by atoms with E-state index in [1.807, 2.05) is 18.3 Å². The largest absolute Gasteiger partial charge is 0.376 e. The van der Waals surface area contributed by atoms with Crippen LogP contribution in [-0.4, -0.2) is 27.4 Å². The first kappa shape index (κ1) is 19.3. The molecule has 4 heterocycles. The van der Waals surface area contributed by atoms with Crippen molar-refractivity contribution >= 4 is 23.0 Å². The Balaban J connectivity index is 1.57.